The Morgan fingerprint density at radius 2 is 2.14 bits per heavy atom. The van der Waals surface area contributed by atoms with Gasteiger partial charge >= 0.3 is 6.03 Å². The third-order valence-electron chi connectivity index (χ3n) is 3.78. The molecule has 1 atom stereocenters. The molecule has 1 aromatic carbocycles. The lowest BCUT2D eigenvalue weighted by Crippen LogP contribution is -2.48. The van der Waals surface area contributed by atoms with E-state index in [1.54, 1.807) is 0 Å². The number of rotatable bonds is 7. The molecule has 122 valence electrons. The van der Waals surface area contributed by atoms with Crippen molar-refractivity contribution in [1.82, 2.24) is 15.5 Å². The standard InChI is InChI=1S/C17H27N3O2/c1-2-3-9-18-17(21)19-12-16-14-20(10-11-22-16)13-15-7-5-4-6-8-15/h4-8,16H,2-3,9-14H2,1H3,(H2,18,19,21)/t16-/m0/s1. The maximum atomic E-state index is 11.6. The lowest BCUT2D eigenvalue weighted by atomic mass is 10.2. The molecule has 0 saturated carbocycles. The summed E-state index contributed by atoms with van der Waals surface area (Å²) in [5.41, 5.74) is 1.31. The van der Waals surface area contributed by atoms with Crippen LogP contribution in [0.1, 0.15) is 25.3 Å². The molecule has 0 unspecified atom stereocenters. The van der Waals surface area contributed by atoms with Gasteiger partial charge in [-0.15, -0.1) is 0 Å². The van der Waals surface area contributed by atoms with Crippen LogP contribution in [-0.4, -0.2) is 49.8 Å². The summed E-state index contributed by atoms with van der Waals surface area (Å²) in [6.45, 7) is 6.84. The van der Waals surface area contributed by atoms with Crippen molar-refractivity contribution in [3.63, 3.8) is 0 Å². The van der Waals surface area contributed by atoms with Gasteiger partial charge in [0, 0.05) is 32.7 Å². The molecule has 5 heteroatoms. The first-order valence-corrected chi connectivity index (χ1v) is 8.17. The number of benzene rings is 1. The molecule has 1 heterocycles. The third-order valence-corrected chi connectivity index (χ3v) is 3.78. The van der Waals surface area contributed by atoms with Crippen LogP contribution in [0.2, 0.25) is 0 Å². The van der Waals surface area contributed by atoms with E-state index in [-0.39, 0.29) is 12.1 Å². The largest absolute Gasteiger partial charge is 0.374 e. The zero-order chi connectivity index (χ0) is 15.6. The predicted octanol–water partition coefficient (Wildman–Crippen LogP) is 1.99. The molecule has 1 aliphatic rings. The van der Waals surface area contributed by atoms with Gasteiger partial charge in [-0.05, 0) is 12.0 Å². The van der Waals surface area contributed by atoms with Crippen molar-refractivity contribution in [2.75, 3.05) is 32.8 Å². The number of unbranched alkanes of at least 4 members (excludes halogenated alkanes) is 1. The summed E-state index contributed by atoms with van der Waals surface area (Å²) >= 11 is 0. The first-order chi connectivity index (χ1) is 10.8. The van der Waals surface area contributed by atoms with Gasteiger partial charge in [0.1, 0.15) is 0 Å². The molecule has 1 aliphatic heterocycles. The van der Waals surface area contributed by atoms with Gasteiger partial charge in [0.15, 0.2) is 0 Å². The second-order valence-electron chi connectivity index (χ2n) is 5.70. The fourth-order valence-corrected chi connectivity index (χ4v) is 2.54. The van der Waals surface area contributed by atoms with Crippen LogP contribution in [0.5, 0.6) is 0 Å². The van der Waals surface area contributed by atoms with E-state index in [0.29, 0.717) is 6.54 Å². The van der Waals surface area contributed by atoms with E-state index >= 15 is 0 Å². The molecule has 0 aliphatic carbocycles. The summed E-state index contributed by atoms with van der Waals surface area (Å²) in [5.74, 6) is 0. The molecule has 0 aromatic heterocycles. The van der Waals surface area contributed by atoms with Crippen molar-refractivity contribution in [3.8, 4) is 0 Å². The maximum absolute atomic E-state index is 11.6. The topological polar surface area (TPSA) is 53.6 Å². The number of morpholine rings is 1. The molecule has 1 aromatic rings. The molecule has 1 saturated heterocycles. The summed E-state index contributed by atoms with van der Waals surface area (Å²) in [5, 5.41) is 5.75. The maximum Gasteiger partial charge on any atom is 0.314 e. The molecule has 5 nitrogen and oxygen atoms in total. The minimum atomic E-state index is -0.0998. The highest BCUT2D eigenvalue weighted by atomic mass is 16.5. The molecular weight excluding hydrogens is 278 g/mol. The van der Waals surface area contributed by atoms with Crippen LogP contribution in [-0.2, 0) is 11.3 Å². The SMILES string of the molecule is CCCCNC(=O)NC[C@H]1CN(Cc2ccccc2)CCO1. The number of ether oxygens (including phenoxy) is 1. The minimum absolute atomic E-state index is 0.0642. The van der Waals surface area contributed by atoms with E-state index in [9.17, 15) is 4.79 Å². The van der Waals surface area contributed by atoms with Gasteiger partial charge < -0.3 is 15.4 Å². The molecule has 0 radical (unpaired) electrons. The van der Waals surface area contributed by atoms with Crippen LogP contribution in [0.15, 0.2) is 30.3 Å². The van der Waals surface area contributed by atoms with Gasteiger partial charge in [-0.25, -0.2) is 4.79 Å². The number of amides is 2. The highest BCUT2D eigenvalue weighted by Gasteiger charge is 2.20. The Balaban J connectivity index is 1.68. The summed E-state index contributed by atoms with van der Waals surface area (Å²) in [7, 11) is 0. The highest BCUT2D eigenvalue weighted by Crippen LogP contribution is 2.10. The first-order valence-electron chi connectivity index (χ1n) is 8.17. The number of nitrogens with one attached hydrogen (secondary N) is 2. The van der Waals surface area contributed by atoms with Crippen LogP contribution in [0.3, 0.4) is 0 Å². The molecular formula is C17H27N3O2. The second-order valence-corrected chi connectivity index (χ2v) is 5.70. The van der Waals surface area contributed by atoms with Crippen LogP contribution in [0.25, 0.3) is 0 Å². The van der Waals surface area contributed by atoms with Gasteiger partial charge in [-0.3, -0.25) is 4.90 Å². The van der Waals surface area contributed by atoms with E-state index in [1.165, 1.54) is 5.56 Å². The third kappa shape index (κ3) is 6.03. The first kappa shape index (κ1) is 16.8. The number of hydrogen-bond acceptors (Lipinski definition) is 3. The summed E-state index contributed by atoms with van der Waals surface area (Å²) in [6.07, 6.45) is 2.16. The molecule has 1 fully saturated rings. The lowest BCUT2D eigenvalue weighted by molar-refractivity contribution is -0.0287. The summed E-state index contributed by atoms with van der Waals surface area (Å²) in [4.78, 5) is 14.0. The van der Waals surface area contributed by atoms with Gasteiger partial charge in [0.05, 0.1) is 12.7 Å². The van der Waals surface area contributed by atoms with Crippen LogP contribution >= 0.6 is 0 Å². The van der Waals surface area contributed by atoms with E-state index in [1.807, 2.05) is 6.07 Å². The fourth-order valence-electron chi connectivity index (χ4n) is 2.54. The minimum Gasteiger partial charge on any atom is -0.374 e. The average Bonchev–Trinajstić information content (AvgIpc) is 2.55. The van der Waals surface area contributed by atoms with Crippen molar-refractivity contribution in [2.45, 2.75) is 32.4 Å². The number of carbonyl (C=O) groups excluding carboxylic acids is 1. The Morgan fingerprint density at radius 1 is 1.32 bits per heavy atom. The molecule has 22 heavy (non-hydrogen) atoms. The lowest BCUT2D eigenvalue weighted by Gasteiger charge is -2.33. The number of hydrogen-bond donors (Lipinski definition) is 2. The predicted molar refractivity (Wildman–Crippen MR) is 87.8 cm³/mol. The van der Waals surface area contributed by atoms with Crippen LogP contribution < -0.4 is 10.6 Å². The van der Waals surface area contributed by atoms with Gasteiger partial charge in [-0.1, -0.05) is 43.7 Å². The molecule has 0 spiro atoms. The van der Waals surface area contributed by atoms with E-state index in [4.69, 9.17) is 4.74 Å². The Labute approximate surface area is 133 Å². The van der Waals surface area contributed by atoms with Crippen molar-refractivity contribution < 1.29 is 9.53 Å². The number of urea groups is 1. The zero-order valence-corrected chi connectivity index (χ0v) is 13.4. The van der Waals surface area contributed by atoms with Crippen molar-refractivity contribution in [1.29, 1.82) is 0 Å². The molecule has 2 N–H and O–H groups in total. The molecule has 2 rings (SSSR count). The van der Waals surface area contributed by atoms with Crippen molar-refractivity contribution in [2.24, 2.45) is 0 Å². The summed E-state index contributed by atoms with van der Waals surface area (Å²) in [6, 6.07) is 10.4. The Bertz CT molecular complexity index is 439. The van der Waals surface area contributed by atoms with Crippen LogP contribution in [0, 0.1) is 0 Å². The fraction of sp³-hybridized carbons (Fsp3) is 0.588. The van der Waals surface area contributed by atoms with Crippen LogP contribution in [0.4, 0.5) is 4.79 Å². The highest BCUT2D eigenvalue weighted by molar-refractivity contribution is 5.73. The Morgan fingerprint density at radius 3 is 2.91 bits per heavy atom. The second kappa shape index (κ2) is 9.43. The van der Waals surface area contributed by atoms with Crippen molar-refractivity contribution in [3.05, 3.63) is 35.9 Å². The number of carbonyl (C=O) groups is 1. The number of nitrogens with zero attached hydrogens (tertiary/aromatic N) is 1. The van der Waals surface area contributed by atoms with Gasteiger partial charge in [0.2, 0.25) is 0 Å². The van der Waals surface area contributed by atoms with E-state index in [0.717, 1.165) is 45.6 Å². The molecule has 0 bridgehead atoms. The average molecular weight is 305 g/mol. The zero-order valence-electron chi connectivity index (χ0n) is 13.4. The normalized spacial score (nSPS) is 18.9. The Kier molecular flexibility index (Phi) is 7.19. The van der Waals surface area contributed by atoms with Gasteiger partial charge in [-0.2, -0.15) is 0 Å². The smallest absolute Gasteiger partial charge is 0.314 e. The Hall–Kier alpha value is -1.59. The van der Waals surface area contributed by atoms with Crippen molar-refractivity contribution >= 4 is 6.03 Å². The monoisotopic (exact) mass is 305 g/mol. The quantitative estimate of drug-likeness (QED) is 0.758. The van der Waals surface area contributed by atoms with Gasteiger partial charge in [0.25, 0.3) is 0 Å². The van der Waals surface area contributed by atoms with E-state index in [2.05, 4.69) is 46.7 Å². The summed E-state index contributed by atoms with van der Waals surface area (Å²) < 4.78 is 5.74. The molecule has 2 amide bonds. The van der Waals surface area contributed by atoms with E-state index < -0.39 is 0 Å².